The van der Waals surface area contributed by atoms with Crippen LogP contribution in [-0.4, -0.2) is 24.5 Å². The van der Waals surface area contributed by atoms with Crippen molar-refractivity contribution in [3.8, 4) is 0 Å². The molecule has 2 N–H and O–H groups in total. The summed E-state index contributed by atoms with van der Waals surface area (Å²) in [6.07, 6.45) is -3.80. The molecule has 0 atom stereocenters. The average Bonchev–Trinajstić information content (AvgIpc) is 3.03. The lowest BCUT2D eigenvalue weighted by Crippen LogP contribution is -2.37. The Hall–Kier alpha value is -0.950. The highest BCUT2D eigenvalue weighted by Crippen LogP contribution is 2.29. The average molecular weight is 567 g/mol. The quantitative estimate of drug-likeness (QED) is 0.241. The molecule has 0 amide bonds. The van der Waals surface area contributed by atoms with E-state index in [-0.39, 0.29) is 36.3 Å². The van der Waals surface area contributed by atoms with Gasteiger partial charge in [0.25, 0.3) is 0 Å². The van der Waals surface area contributed by atoms with Crippen LogP contribution in [0.4, 0.5) is 17.6 Å². The van der Waals surface area contributed by atoms with Gasteiger partial charge in [0, 0.05) is 19.0 Å². The Morgan fingerprint density at radius 1 is 1.31 bits per heavy atom. The molecule has 0 saturated carbocycles. The van der Waals surface area contributed by atoms with Gasteiger partial charge in [-0.1, -0.05) is 6.07 Å². The smallest absolute Gasteiger partial charge is 0.356 e. The summed E-state index contributed by atoms with van der Waals surface area (Å²) in [7, 11) is 1.56. The molecule has 1 heterocycles. The molecule has 0 unspecified atom stereocenters. The van der Waals surface area contributed by atoms with Gasteiger partial charge in [-0.2, -0.15) is 13.2 Å². The highest BCUT2D eigenvalue weighted by Gasteiger charge is 2.33. The predicted molar refractivity (Wildman–Crippen MR) is 109 cm³/mol. The molecule has 2 rings (SSSR count). The fourth-order valence-corrected chi connectivity index (χ4v) is 3.09. The van der Waals surface area contributed by atoms with Crippen molar-refractivity contribution in [1.29, 1.82) is 0 Å². The van der Waals surface area contributed by atoms with Crippen LogP contribution < -0.4 is 10.6 Å². The number of thiazole rings is 1. The van der Waals surface area contributed by atoms with E-state index in [2.05, 4.69) is 36.5 Å². The van der Waals surface area contributed by atoms with Gasteiger partial charge in [-0.05, 0) is 40.0 Å². The largest absolute Gasteiger partial charge is 0.434 e. The van der Waals surface area contributed by atoms with E-state index >= 15 is 0 Å². The second-order valence-corrected chi connectivity index (χ2v) is 6.77. The number of alkyl halides is 3. The maximum Gasteiger partial charge on any atom is 0.434 e. The maximum absolute atomic E-state index is 13.2. The Kier molecular flexibility index (Phi) is 9.24. The van der Waals surface area contributed by atoms with Gasteiger partial charge >= 0.3 is 6.18 Å². The number of benzene rings is 1. The van der Waals surface area contributed by atoms with E-state index in [1.165, 1.54) is 6.07 Å². The van der Waals surface area contributed by atoms with Crippen LogP contribution in [0.2, 0.25) is 0 Å². The molecular formula is C15H16BrF4IN4S. The molecule has 11 heteroatoms. The minimum absolute atomic E-state index is 0. The summed E-state index contributed by atoms with van der Waals surface area (Å²) in [5.74, 6) is 0.126. The van der Waals surface area contributed by atoms with Crippen molar-refractivity contribution in [1.82, 2.24) is 15.6 Å². The van der Waals surface area contributed by atoms with Crippen LogP contribution in [0.5, 0.6) is 0 Å². The molecule has 26 heavy (non-hydrogen) atoms. The van der Waals surface area contributed by atoms with Gasteiger partial charge in [0.2, 0.25) is 0 Å². The Balaban J connectivity index is 0.00000338. The molecule has 0 saturated heterocycles. The number of halogens is 6. The first kappa shape index (κ1) is 23.1. The third-order valence-corrected chi connectivity index (χ3v) is 4.62. The van der Waals surface area contributed by atoms with Crippen molar-refractivity contribution in [3.63, 3.8) is 0 Å². The molecular weight excluding hydrogens is 551 g/mol. The number of hydrogen-bond acceptors (Lipinski definition) is 3. The SMILES string of the molecule is CN=C(NCCc1ccc(F)c(Br)c1)NCc1nc(C(F)(F)F)cs1.I. The second-order valence-electron chi connectivity index (χ2n) is 4.98. The standard InChI is InChI=1S/C15H15BrF4N4S.HI/c1-21-14(22-5-4-9-2-3-11(17)10(16)6-9)23-7-13-24-12(8-25-13)15(18,19)20;/h2-3,6,8H,4-5,7H2,1H3,(H2,21,22,23);1H. The third-order valence-electron chi connectivity index (χ3n) is 3.16. The molecule has 0 bridgehead atoms. The van der Waals surface area contributed by atoms with Gasteiger partial charge < -0.3 is 10.6 Å². The van der Waals surface area contributed by atoms with Crippen LogP contribution >= 0.6 is 51.2 Å². The van der Waals surface area contributed by atoms with Crippen molar-refractivity contribution in [2.45, 2.75) is 19.1 Å². The Labute approximate surface area is 177 Å². The first-order valence-corrected chi connectivity index (χ1v) is 8.87. The first-order chi connectivity index (χ1) is 11.8. The summed E-state index contributed by atoms with van der Waals surface area (Å²) < 4.78 is 51.1. The monoisotopic (exact) mass is 566 g/mol. The Morgan fingerprint density at radius 2 is 2.04 bits per heavy atom. The van der Waals surface area contributed by atoms with E-state index in [1.807, 2.05) is 0 Å². The van der Waals surface area contributed by atoms with Crippen LogP contribution in [0.3, 0.4) is 0 Å². The molecule has 1 aromatic carbocycles. The van der Waals surface area contributed by atoms with Crippen LogP contribution in [-0.2, 0) is 19.1 Å². The van der Waals surface area contributed by atoms with E-state index in [0.29, 0.717) is 28.4 Å². The lowest BCUT2D eigenvalue weighted by Gasteiger charge is -2.11. The summed E-state index contributed by atoms with van der Waals surface area (Å²) in [6.45, 7) is 0.673. The van der Waals surface area contributed by atoms with Crippen molar-refractivity contribution in [3.05, 3.63) is 50.1 Å². The number of aliphatic imine (C=N–C) groups is 1. The highest BCUT2D eigenvalue weighted by atomic mass is 127. The van der Waals surface area contributed by atoms with Crippen LogP contribution in [0.15, 0.2) is 33.0 Å². The van der Waals surface area contributed by atoms with Crippen LogP contribution in [0.25, 0.3) is 0 Å². The molecule has 0 spiro atoms. The molecule has 0 aliphatic carbocycles. The van der Waals surface area contributed by atoms with Crippen LogP contribution in [0, 0.1) is 5.82 Å². The van der Waals surface area contributed by atoms with Crippen LogP contribution in [0.1, 0.15) is 16.3 Å². The molecule has 0 radical (unpaired) electrons. The van der Waals surface area contributed by atoms with Gasteiger partial charge in [-0.3, -0.25) is 4.99 Å². The molecule has 1 aromatic heterocycles. The Bertz CT molecular complexity index is 751. The number of aromatic nitrogens is 1. The molecule has 0 aliphatic rings. The number of rotatable bonds is 5. The highest BCUT2D eigenvalue weighted by molar-refractivity contribution is 14.0. The van der Waals surface area contributed by atoms with E-state index in [9.17, 15) is 17.6 Å². The molecule has 4 nitrogen and oxygen atoms in total. The topological polar surface area (TPSA) is 49.3 Å². The van der Waals surface area contributed by atoms with Gasteiger partial charge in [-0.15, -0.1) is 35.3 Å². The van der Waals surface area contributed by atoms with Crippen molar-refractivity contribution in [2.75, 3.05) is 13.6 Å². The molecule has 144 valence electrons. The third kappa shape index (κ3) is 6.99. The molecule has 0 fully saturated rings. The second kappa shape index (κ2) is 10.4. The zero-order valence-corrected chi connectivity index (χ0v) is 18.3. The zero-order valence-electron chi connectivity index (χ0n) is 13.5. The number of guanidine groups is 1. The summed E-state index contributed by atoms with van der Waals surface area (Å²) >= 11 is 4.07. The normalized spacial score (nSPS) is 11.8. The van der Waals surface area contributed by atoms with Gasteiger partial charge in [0.15, 0.2) is 11.7 Å². The van der Waals surface area contributed by atoms with Gasteiger partial charge in [-0.25, -0.2) is 9.37 Å². The lowest BCUT2D eigenvalue weighted by atomic mass is 10.1. The van der Waals surface area contributed by atoms with E-state index < -0.39 is 11.9 Å². The number of hydrogen-bond donors (Lipinski definition) is 2. The predicted octanol–water partition coefficient (Wildman–Crippen LogP) is 4.59. The lowest BCUT2D eigenvalue weighted by molar-refractivity contribution is -0.140. The zero-order chi connectivity index (χ0) is 18.4. The molecule has 0 aliphatic heterocycles. The van der Waals surface area contributed by atoms with Gasteiger partial charge in [0.05, 0.1) is 11.0 Å². The van der Waals surface area contributed by atoms with Gasteiger partial charge in [0.1, 0.15) is 10.8 Å². The maximum atomic E-state index is 13.2. The van der Waals surface area contributed by atoms with Crippen molar-refractivity contribution < 1.29 is 17.6 Å². The van der Waals surface area contributed by atoms with Crippen molar-refractivity contribution >= 4 is 57.2 Å². The fraction of sp³-hybridized carbons (Fsp3) is 0.333. The fourth-order valence-electron chi connectivity index (χ4n) is 1.92. The van der Waals surface area contributed by atoms with E-state index in [4.69, 9.17) is 0 Å². The summed E-state index contributed by atoms with van der Waals surface area (Å²) in [5, 5.41) is 7.25. The number of nitrogens with one attached hydrogen (secondary N) is 2. The summed E-state index contributed by atoms with van der Waals surface area (Å²) in [4.78, 5) is 7.54. The van der Waals surface area contributed by atoms with E-state index in [1.54, 1.807) is 19.2 Å². The first-order valence-electron chi connectivity index (χ1n) is 7.19. The Morgan fingerprint density at radius 3 is 2.62 bits per heavy atom. The minimum atomic E-state index is -4.43. The minimum Gasteiger partial charge on any atom is -0.356 e. The molecule has 2 aromatic rings. The summed E-state index contributed by atoms with van der Waals surface area (Å²) in [5.41, 5.74) is 0.0464. The summed E-state index contributed by atoms with van der Waals surface area (Å²) in [6, 6.07) is 4.76. The number of nitrogens with zero attached hydrogens (tertiary/aromatic N) is 2. The van der Waals surface area contributed by atoms with Crippen molar-refractivity contribution in [2.24, 2.45) is 4.99 Å². The van der Waals surface area contributed by atoms with E-state index in [0.717, 1.165) is 22.3 Å².